The van der Waals surface area contributed by atoms with Crippen LogP contribution in [0.4, 0.5) is 0 Å². The van der Waals surface area contributed by atoms with Crippen molar-refractivity contribution in [1.29, 1.82) is 0 Å². The highest BCUT2D eigenvalue weighted by atomic mass is 16.3. The smallest absolute Gasteiger partial charge is 0.139 e. The van der Waals surface area contributed by atoms with Gasteiger partial charge in [0.05, 0.1) is 6.10 Å². The van der Waals surface area contributed by atoms with Crippen molar-refractivity contribution < 1.29 is 9.90 Å². The van der Waals surface area contributed by atoms with Gasteiger partial charge in [0, 0.05) is 12.3 Å². The Labute approximate surface area is 65.9 Å². The van der Waals surface area contributed by atoms with Gasteiger partial charge in [-0.1, -0.05) is 12.2 Å². The van der Waals surface area contributed by atoms with Gasteiger partial charge in [-0.15, -0.1) is 0 Å². The van der Waals surface area contributed by atoms with Gasteiger partial charge in [-0.05, 0) is 18.8 Å². The number of Topliss-reactive ketones (excluding diaryl/α,β-unsaturated/α-hetero) is 1. The summed E-state index contributed by atoms with van der Waals surface area (Å²) in [7, 11) is 0. The standard InChI is InChI=1S/C9H12O2/c10-8-5-9(11)7-4-2-1-3-6(7)8/h1-2,6-8,10H,3-5H2/t6-,7-,8?/m1/s1. The molecule has 3 atom stereocenters. The molecule has 2 nitrogen and oxygen atoms in total. The third-order valence-corrected chi connectivity index (χ3v) is 2.80. The van der Waals surface area contributed by atoms with Gasteiger partial charge in [-0.25, -0.2) is 0 Å². The molecule has 0 aromatic rings. The zero-order valence-corrected chi connectivity index (χ0v) is 6.36. The zero-order valence-electron chi connectivity index (χ0n) is 6.36. The van der Waals surface area contributed by atoms with Crippen LogP contribution in [0.1, 0.15) is 19.3 Å². The van der Waals surface area contributed by atoms with E-state index >= 15 is 0 Å². The molecule has 2 rings (SSSR count). The number of hydrogen-bond acceptors (Lipinski definition) is 2. The molecule has 0 bridgehead atoms. The van der Waals surface area contributed by atoms with E-state index in [-0.39, 0.29) is 23.7 Å². The summed E-state index contributed by atoms with van der Waals surface area (Å²) in [6, 6.07) is 0. The third-order valence-electron chi connectivity index (χ3n) is 2.80. The van der Waals surface area contributed by atoms with E-state index in [2.05, 4.69) is 12.2 Å². The molecule has 2 heteroatoms. The summed E-state index contributed by atoms with van der Waals surface area (Å²) in [6.07, 6.45) is 5.88. The topological polar surface area (TPSA) is 37.3 Å². The largest absolute Gasteiger partial charge is 0.392 e. The lowest BCUT2D eigenvalue weighted by Crippen LogP contribution is -2.21. The highest BCUT2D eigenvalue weighted by molar-refractivity contribution is 5.84. The molecule has 0 aliphatic heterocycles. The van der Waals surface area contributed by atoms with Crippen molar-refractivity contribution in [3.8, 4) is 0 Å². The van der Waals surface area contributed by atoms with E-state index in [9.17, 15) is 9.90 Å². The lowest BCUT2D eigenvalue weighted by Gasteiger charge is -2.21. The first kappa shape index (κ1) is 7.04. The summed E-state index contributed by atoms with van der Waals surface area (Å²) in [5.41, 5.74) is 0. The highest BCUT2D eigenvalue weighted by Crippen LogP contribution is 2.37. The molecule has 1 N–H and O–H groups in total. The van der Waals surface area contributed by atoms with Gasteiger partial charge in [0.1, 0.15) is 5.78 Å². The Morgan fingerprint density at radius 3 is 2.82 bits per heavy atom. The molecule has 2 aliphatic carbocycles. The molecule has 2 aliphatic rings. The number of aliphatic hydroxyl groups excluding tert-OH is 1. The molecule has 1 fully saturated rings. The maximum Gasteiger partial charge on any atom is 0.139 e. The average molecular weight is 152 g/mol. The average Bonchev–Trinajstić information content (AvgIpc) is 2.30. The second kappa shape index (κ2) is 2.45. The molecule has 1 saturated carbocycles. The third kappa shape index (κ3) is 1.02. The normalized spacial score (nSPS) is 42.6. The lowest BCUT2D eigenvalue weighted by atomic mass is 9.85. The van der Waals surface area contributed by atoms with Gasteiger partial charge >= 0.3 is 0 Å². The number of fused-ring (bicyclic) bond motifs is 1. The minimum Gasteiger partial charge on any atom is -0.392 e. The number of aliphatic hydroxyl groups is 1. The van der Waals surface area contributed by atoms with Crippen LogP contribution in [0.25, 0.3) is 0 Å². The lowest BCUT2D eigenvalue weighted by molar-refractivity contribution is -0.121. The monoisotopic (exact) mass is 152 g/mol. The van der Waals surface area contributed by atoms with Crippen LogP contribution in [-0.2, 0) is 4.79 Å². The van der Waals surface area contributed by atoms with Crippen molar-refractivity contribution in [3.05, 3.63) is 12.2 Å². The fourth-order valence-corrected chi connectivity index (χ4v) is 2.14. The highest BCUT2D eigenvalue weighted by Gasteiger charge is 2.40. The maximum absolute atomic E-state index is 11.2. The van der Waals surface area contributed by atoms with Gasteiger partial charge in [-0.2, -0.15) is 0 Å². The maximum atomic E-state index is 11.2. The molecule has 0 amide bonds. The summed E-state index contributed by atoms with van der Waals surface area (Å²) in [5.74, 6) is 0.620. The summed E-state index contributed by atoms with van der Waals surface area (Å²) in [6.45, 7) is 0. The van der Waals surface area contributed by atoms with Crippen LogP contribution in [0.15, 0.2) is 12.2 Å². The first-order valence-electron chi connectivity index (χ1n) is 4.15. The summed E-state index contributed by atoms with van der Waals surface area (Å²) < 4.78 is 0. The summed E-state index contributed by atoms with van der Waals surface area (Å²) in [4.78, 5) is 11.2. The van der Waals surface area contributed by atoms with E-state index in [1.54, 1.807) is 0 Å². The number of carbonyl (C=O) groups excluding carboxylic acids is 1. The molecule has 0 radical (unpaired) electrons. The first-order chi connectivity index (χ1) is 5.29. The van der Waals surface area contributed by atoms with Crippen molar-refractivity contribution in [3.63, 3.8) is 0 Å². The molecule has 0 spiro atoms. The van der Waals surface area contributed by atoms with Crippen LogP contribution in [0.3, 0.4) is 0 Å². The Bertz CT molecular complexity index is 208. The van der Waals surface area contributed by atoms with Crippen molar-refractivity contribution in [2.75, 3.05) is 0 Å². The summed E-state index contributed by atoms with van der Waals surface area (Å²) >= 11 is 0. The minimum atomic E-state index is -0.363. The van der Waals surface area contributed by atoms with E-state index in [4.69, 9.17) is 0 Å². The minimum absolute atomic E-state index is 0.134. The molecule has 0 aromatic carbocycles. The number of hydrogen-bond donors (Lipinski definition) is 1. The van der Waals surface area contributed by atoms with Gasteiger partial charge in [0.25, 0.3) is 0 Å². The Morgan fingerprint density at radius 2 is 2.09 bits per heavy atom. The van der Waals surface area contributed by atoms with Crippen LogP contribution < -0.4 is 0 Å². The van der Waals surface area contributed by atoms with Crippen LogP contribution in [0, 0.1) is 11.8 Å². The number of allylic oxidation sites excluding steroid dienone is 2. The molecule has 1 unspecified atom stereocenters. The van der Waals surface area contributed by atoms with E-state index in [0.29, 0.717) is 6.42 Å². The molecule has 0 aromatic heterocycles. The molecular formula is C9H12O2. The quantitative estimate of drug-likeness (QED) is 0.524. The van der Waals surface area contributed by atoms with E-state index in [0.717, 1.165) is 12.8 Å². The van der Waals surface area contributed by atoms with E-state index < -0.39 is 0 Å². The molecule has 60 valence electrons. The number of rotatable bonds is 0. The van der Waals surface area contributed by atoms with Crippen molar-refractivity contribution in [1.82, 2.24) is 0 Å². The van der Waals surface area contributed by atoms with Gasteiger partial charge in [0.2, 0.25) is 0 Å². The van der Waals surface area contributed by atoms with Crippen LogP contribution >= 0.6 is 0 Å². The SMILES string of the molecule is O=C1CC(O)[C@@H]2CC=CC[C@@H]12. The van der Waals surface area contributed by atoms with Crippen molar-refractivity contribution >= 4 is 5.78 Å². The Kier molecular flexibility index (Phi) is 1.57. The van der Waals surface area contributed by atoms with Crippen LogP contribution in [0.2, 0.25) is 0 Å². The Morgan fingerprint density at radius 1 is 1.36 bits per heavy atom. The van der Waals surface area contributed by atoms with E-state index in [1.165, 1.54) is 0 Å². The predicted octanol–water partition coefficient (Wildman–Crippen LogP) is 0.903. The van der Waals surface area contributed by atoms with Crippen molar-refractivity contribution in [2.24, 2.45) is 11.8 Å². The second-order valence-electron chi connectivity index (χ2n) is 3.45. The van der Waals surface area contributed by atoms with Crippen LogP contribution in [0.5, 0.6) is 0 Å². The number of carbonyl (C=O) groups is 1. The van der Waals surface area contributed by atoms with Gasteiger partial charge in [-0.3, -0.25) is 4.79 Å². The van der Waals surface area contributed by atoms with Gasteiger partial charge < -0.3 is 5.11 Å². The Balaban J connectivity index is 2.21. The van der Waals surface area contributed by atoms with Crippen LogP contribution in [-0.4, -0.2) is 17.0 Å². The van der Waals surface area contributed by atoms with Gasteiger partial charge in [0.15, 0.2) is 0 Å². The second-order valence-corrected chi connectivity index (χ2v) is 3.45. The predicted molar refractivity (Wildman–Crippen MR) is 41.0 cm³/mol. The van der Waals surface area contributed by atoms with E-state index in [1.807, 2.05) is 0 Å². The molecule has 0 saturated heterocycles. The Hall–Kier alpha value is -0.630. The zero-order chi connectivity index (χ0) is 7.84. The summed E-state index contributed by atoms with van der Waals surface area (Å²) in [5, 5.41) is 9.44. The fourth-order valence-electron chi connectivity index (χ4n) is 2.14. The molecular weight excluding hydrogens is 140 g/mol. The number of ketones is 1. The first-order valence-corrected chi connectivity index (χ1v) is 4.15. The fraction of sp³-hybridized carbons (Fsp3) is 0.667. The van der Waals surface area contributed by atoms with Crippen molar-refractivity contribution in [2.45, 2.75) is 25.4 Å². The molecule has 0 heterocycles. The molecule has 11 heavy (non-hydrogen) atoms.